The third kappa shape index (κ3) is 6.61. The second kappa shape index (κ2) is 10.4. The van der Waals surface area contributed by atoms with Crippen LogP contribution in [-0.4, -0.2) is 35.4 Å². The fourth-order valence-electron chi connectivity index (χ4n) is 3.41. The van der Waals surface area contributed by atoms with Gasteiger partial charge in [0.25, 0.3) is 5.92 Å². The van der Waals surface area contributed by atoms with Gasteiger partial charge < -0.3 is 10.2 Å². The number of nitrogens with one attached hydrogen (secondary N) is 1. The average Bonchev–Trinajstić information content (AvgIpc) is 2.84. The third-order valence-corrected chi connectivity index (χ3v) is 5.13. The van der Waals surface area contributed by atoms with Gasteiger partial charge in [-0.2, -0.15) is 8.78 Å². The summed E-state index contributed by atoms with van der Waals surface area (Å²) < 4.78 is 27.2. The Balaban J connectivity index is 1.74. The molecule has 2 aliphatic rings. The van der Waals surface area contributed by atoms with E-state index in [0.29, 0.717) is 5.82 Å². The molecular formula is C26H30F2N4. The maximum absolute atomic E-state index is 13.6. The van der Waals surface area contributed by atoms with E-state index >= 15 is 0 Å². The van der Waals surface area contributed by atoms with E-state index in [1.54, 1.807) is 12.1 Å². The minimum atomic E-state index is -2.97. The molecule has 0 saturated carbocycles. The topological polar surface area (TPSA) is 40.5 Å². The van der Waals surface area contributed by atoms with Gasteiger partial charge in [0.1, 0.15) is 17.3 Å². The monoisotopic (exact) mass is 436 g/mol. The minimum Gasteiger partial charge on any atom is -0.360 e. The first-order chi connectivity index (χ1) is 15.2. The zero-order valence-electron chi connectivity index (χ0n) is 18.9. The molecule has 2 heterocycles. The van der Waals surface area contributed by atoms with Crippen molar-refractivity contribution in [1.82, 2.24) is 9.88 Å². The zero-order chi connectivity index (χ0) is 23.1. The predicted molar refractivity (Wildman–Crippen MR) is 129 cm³/mol. The van der Waals surface area contributed by atoms with E-state index in [-0.39, 0.29) is 11.7 Å². The maximum Gasteiger partial charge on any atom is 0.287 e. The summed E-state index contributed by atoms with van der Waals surface area (Å²) in [4.78, 5) is 10.8. The third-order valence-electron chi connectivity index (χ3n) is 5.13. The number of hydrogen-bond acceptors (Lipinski definition) is 4. The van der Waals surface area contributed by atoms with Crippen molar-refractivity contribution in [1.29, 1.82) is 0 Å². The standard InChI is InChI=1S/C26H30F2N4/c1-19(2)15-16-25-29-17-21(18-32(25)4)20-9-5-6-11-22(12-7-10-20)30-24-14-8-13-23(31-24)26(3,27)28/h6-8,10-17,22H,1,5,9,18H2,2-4H3,(H,30,31)/b11-6-,12-7?,16-15-,20-10+. The molecule has 168 valence electrons. The predicted octanol–water partition coefficient (Wildman–Crippen LogP) is 6.17. The van der Waals surface area contributed by atoms with E-state index in [1.165, 1.54) is 17.2 Å². The highest BCUT2D eigenvalue weighted by Gasteiger charge is 2.26. The van der Waals surface area contributed by atoms with E-state index in [1.807, 2.05) is 50.6 Å². The van der Waals surface area contributed by atoms with Crippen molar-refractivity contribution in [2.24, 2.45) is 4.99 Å². The molecule has 1 N–H and O–H groups in total. The molecule has 0 aromatic carbocycles. The van der Waals surface area contributed by atoms with Gasteiger partial charge in [-0.1, -0.05) is 54.7 Å². The lowest BCUT2D eigenvalue weighted by atomic mass is 10.00. The Morgan fingerprint density at radius 3 is 2.81 bits per heavy atom. The lowest BCUT2D eigenvalue weighted by Crippen LogP contribution is -2.30. The number of allylic oxidation sites excluding steroid dienone is 5. The maximum atomic E-state index is 13.6. The normalized spacial score (nSPS) is 22.2. The van der Waals surface area contributed by atoms with Crippen molar-refractivity contribution in [3.05, 3.63) is 95.9 Å². The van der Waals surface area contributed by atoms with Crippen LogP contribution >= 0.6 is 0 Å². The highest BCUT2D eigenvalue weighted by Crippen LogP contribution is 2.26. The molecule has 32 heavy (non-hydrogen) atoms. The Bertz CT molecular complexity index is 1020. The van der Waals surface area contributed by atoms with Gasteiger partial charge >= 0.3 is 0 Å². The Kier molecular flexibility index (Phi) is 7.57. The average molecular weight is 437 g/mol. The van der Waals surface area contributed by atoms with Crippen LogP contribution in [0, 0.1) is 0 Å². The molecule has 0 amide bonds. The number of pyridine rings is 1. The number of hydrogen-bond donors (Lipinski definition) is 1. The lowest BCUT2D eigenvalue weighted by Gasteiger charge is -2.25. The van der Waals surface area contributed by atoms with Crippen molar-refractivity contribution in [3.63, 3.8) is 0 Å². The summed E-state index contributed by atoms with van der Waals surface area (Å²) in [5.74, 6) is -1.64. The largest absolute Gasteiger partial charge is 0.360 e. The van der Waals surface area contributed by atoms with Gasteiger partial charge in [-0.05, 0) is 49.1 Å². The summed E-state index contributed by atoms with van der Waals surface area (Å²) in [6.07, 6.45) is 17.9. The van der Waals surface area contributed by atoms with Crippen LogP contribution in [0.5, 0.6) is 0 Å². The van der Waals surface area contributed by atoms with Crippen LogP contribution in [-0.2, 0) is 5.92 Å². The van der Waals surface area contributed by atoms with Gasteiger partial charge in [-0.3, -0.25) is 0 Å². The Morgan fingerprint density at radius 2 is 2.09 bits per heavy atom. The van der Waals surface area contributed by atoms with Gasteiger partial charge in [0.15, 0.2) is 0 Å². The molecule has 0 bridgehead atoms. The first-order valence-electron chi connectivity index (χ1n) is 10.7. The van der Waals surface area contributed by atoms with Crippen molar-refractivity contribution in [3.8, 4) is 0 Å². The fourth-order valence-corrected chi connectivity index (χ4v) is 3.41. The number of likely N-dealkylation sites (N-methyl/N-ethyl adjacent to an activating group) is 1. The number of rotatable bonds is 6. The molecule has 4 nitrogen and oxygen atoms in total. The minimum absolute atomic E-state index is 0.140. The summed E-state index contributed by atoms with van der Waals surface area (Å²) in [6, 6.07) is 4.49. The molecule has 1 aromatic heterocycles. The highest BCUT2D eigenvalue weighted by atomic mass is 19.3. The van der Waals surface area contributed by atoms with Crippen molar-refractivity contribution < 1.29 is 8.78 Å². The second-order valence-corrected chi connectivity index (χ2v) is 8.19. The molecule has 1 aliphatic heterocycles. The van der Waals surface area contributed by atoms with Crippen LogP contribution in [0.1, 0.15) is 32.4 Å². The van der Waals surface area contributed by atoms with Gasteiger partial charge in [-0.15, -0.1) is 0 Å². The Morgan fingerprint density at radius 1 is 1.28 bits per heavy atom. The number of anilines is 1. The molecule has 1 aliphatic carbocycles. The summed E-state index contributed by atoms with van der Waals surface area (Å²) in [5.41, 5.74) is 3.16. The molecule has 0 spiro atoms. The summed E-state index contributed by atoms with van der Waals surface area (Å²) in [5, 5.41) is 3.21. The number of nitrogens with zero attached hydrogens (tertiary/aromatic N) is 3. The first-order valence-corrected chi connectivity index (χ1v) is 10.7. The molecule has 6 heteroatoms. The molecule has 0 saturated heterocycles. The molecule has 1 atom stereocenters. The molecule has 3 rings (SSSR count). The SMILES string of the molecule is C=C(C)/C=C\C1=NC=C(/C2=C/C=CC(Nc3cccc(C(C)(F)F)n3)/C=C\CC2)CN1C. The number of alkyl halides is 2. The van der Waals surface area contributed by atoms with E-state index in [2.05, 4.69) is 38.9 Å². The van der Waals surface area contributed by atoms with E-state index in [0.717, 1.165) is 37.7 Å². The lowest BCUT2D eigenvalue weighted by molar-refractivity contribution is 0.0129. The Hall–Kier alpha value is -3.28. The van der Waals surface area contributed by atoms with Crippen LogP contribution in [0.25, 0.3) is 0 Å². The summed E-state index contributed by atoms with van der Waals surface area (Å²) in [6.45, 7) is 7.48. The van der Waals surface area contributed by atoms with Gasteiger partial charge in [0.05, 0.1) is 6.04 Å². The van der Waals surface area contributed by atoms with Crippen molar-refractivity contribution in [2.45, 2.75) is 38.7 Å². The van der Waals surface area contributed by atoms with Crippen molar-refractivity contribution >= 4 is 11.7 Å². The van der Waals surface area contributed by atoms with Crippen LogP contribution < -0.4 is 5.32 Å². The van der Waals surface area contributed by atoms with E-state index < -0.39 is 5.92 Å². The zero-order valence-corrected chi connectivity index (χ0v) is 18.9. The van der Waals surface area contributed by atoms with E-state index in [4.69, 9.17) is 0 Å². The molecule has 0 radical (unpaired) electrons. The quantitative estimate of drug-likeness (QED) is 0.428. The molecular weight excluding hydrogens is 406 g/mol. The second-order valence-electron chi connectivity index (χ2n) is 8.19. The van der Waals surface area contributed by atoms with Gasteiger partial charge in [0, 0.05) is 26.7 Å². The molecule has 0 fully saturated rings. The van der Waals surface area contributed by atoms with Crippen molar-refractivity contribution in [2.75, 3.05) is 18.9 Å². The number of halogens is 2. The van der Waals surface area contributed by atoms with Crippen LogP contribution in [0.15, 0.2) is 95.2 Å². The molecule has 1 aromatic rings. The van der Waals surface area contributed by atoms with Gasteiger partial charge in [0.2, 0.25) is 0 Å². The summed E-state index contributed by atoms with van der Waals surface area (Å²) >= 11 is 0. The van der Waals surface area contributed by atoms with Crippen LogP contribution in [0.4, 0.5) is 14.6 Å². The van der Waals surface area contributed by atoms with Crippen LogP contribution in [0.3, 0.4) is 0 Å². The van der Waals surface area contributed by atoms with Gasteiger partial charge in [-0.25, -0.2) is 9.98 Å². The molecule has 1 unspecified atom stereocenters. The van der Waals surface area contributed by atoms with Crippen LogP contribution in [0.2, 0.25) is 0 Å². The smallest absolute Gasteiger partial charge is 0.287 e. The number of amidine groups is 1. The Labute approximate surface area is 189 Å². The number of aromatic nitrogens is 1. The van der Waals surface area contributed by atoms with E-state index in [9.17, 15) is 8.78 Å². The highest BCUT2D eigenvalue weighted by molar-refractivity contribution is 5.94. The fraction of sp³-hybridized carbons (Fsp3) is 0.308. The first kappa shape index (κ1) is 23.4. The summed E-state index contributed by atoms with van der Waals surface area (Å²) in [7, 11) is 2.03. The number of aliphatic imine (C=N–C) groups is 1.